The van der Waals surface area contributed by atoms with Gasteiger partial charge >= 0.3 is 0 Å². The van der Waals surface area contributed by atoms with Gasteiger partial charge in [0.1, 0.15) is 18.3 Å². The van der Waals surface area contributed by atoms with Crippen molar-refractivity contribution in [2.75, 3.05) is 39.4 Å². The van der Waals surface area contributed by atoms with Gasteiger partial charge in [0, 0.05) is 32.6 Å². The number of aliphatic hydroxyl groups is 1. The lowest BCUT2D eigenvalue weighted by Gasteiger charge is -2.50. The zero-order valence-electron chi connectivity index (χ0n) is 16.0. The summed E-state index contributed by atoms with van der Waals surface area (Å²) in [5, 5.41) is 15.7. The maximum atomic E-state index is 12.8. The second-order valence-corrected chi connectivity index (χ2v) is 7.45. The van der Waals surface area contributed by atoms with Gasteiger partial charge < -0.3 is 14.7 Å². The highest BCUT2D eigenvalue weighted by Crippen LogP contribution is 2.36. The molecule has 1 N–H and O–H groups in total. The molecule has 2 aromatic rings. The molecule has 0 aliphatic carbocycles. The molecule has 0 saturated carbocycles. The van der Waals surface area contributed by atoms with Gasteiger partial charge in [-0.15, -0.1) is 0 Å². The van der Waals surface area contributed by atoms with Gasteiger partial charge in [-0.05, 0) is 12.0 Å². The summed E-state index contributed by atoms with van der Waals surface area (Å²) >= 11 is 0. The highest BCUT2D eigenvalue weighted by atomic mass is 16.5. The van der Waals surface area contributed by atoms with Gasteiger partial charge in [0.25, 0.3) is 0 Å². The highest BCUT2D eigenvalue weighted by Gasteiger charge is 2.46. The van der Waals surface area contributed by atoms with E-state index >= 15 is 0 Å². The first-order valence-corrected chi connectivity index (χ1v) is 9.87. The standard InChI is InChI=1S/C20H27N5O3/c26-19(6-8-25-16-21-15-22-25)24-9-7-20(27,17-4-2-1-3-5-17)18(14-24)23-10-12-28-13-11-23/h1-5,15-16,18,27H,6-14H2/t18-,20+/m1/s1. The fourth-order valence-electron chi connectivity index (χ4n) is 4.24. The molecule has 1 aromatic heterocycles. The molecule has 8 heteroatoms. The van der Waals surface area contributed by atoms with Crippen molar-refractivity contribution >= 4 is 5.91 Å². The summed E-state index contributed by atoms with van der Waals surface area (Å²) in [6, 6.07) is 9.69. The van der Waals surface area contributed by atoms with E-state index in [4.69, 9.17) is 4.74 Å². The molecule has 8 nitrogen and oxygen atoms in total. The van der Waals surface area contributed by atoms with Crippen LogP contribution < -0.4 is 0 Å². The van der Waals surface area contributed by atoms with Crippen LogP contribution in [-0.2, 0) is 21.7 Å². The Labute approximate surface area is 164 Å². The first kappa shape index (κ1) is 19.0. The summed E-state index contributed by atoms with van der Waals surface area (Å²) < 4.78 is 7.17. The summed E-state index contributed by atoms with van der Waals surface area (Å²) in [6.45, 7) is 4.41. The van der Waals surface area contributed by atoms with E-state index in [2.05, 4.69) is 15.0 Å². The van der Waals surface area contributed by atoms with E-state index in [9.17, 15) is 9.90 Å². The molecule has 0 unspecified atom stereocenters. The molecule has 150 valence electrons. The van der Waals surface area contributed by atoms with E-state index < -0.39 is 5.60 Å². The molecule has 0 bridgehead atoms. The van der Waals surface area contributed by atoms with Crippen LogP contribution in [0.1, 0.15) is 18.4 Å². The van der Waals surface area contributed by atoms with Gasteiger partial charge in [0.15, 0.2) is 0 Å². The number of rotatable bonds is 5. The zero-order chi connectivity index (χ0) is 19.4. The molecule has 4 rings (SSSR count). The molecule has 0 radical (unpaired) electrons. The number of likely N-dealkylation sites (tertiary alicyclic amines) is 1. The number of benzene rings is 1. The van der Waals surface area contributed by atoms with Crippen LogP contribution in [0, 0.1) is 0 Å². The Kier molecular flexibility index (Phi) is 5.70. The fraction of sp³-hybridized carbons (Fsp3) is 0.550. The lowest BCUT2D eigenvalue weighted by Crippen LogP contribution is -2.63. The number of hydrogen-bond acceptors (Lipinski definition) is 6. The lowest BCUT2D eigenvalue weighted by molar-refractivity contribution is -0.148. The molecular weight excluding hydrogens is 358 g/mol. The average molecular weight is 385 g/mol. The molecule has 2 aliphatic rings. The first-order valence-electron chi connectivity index (χ1n) is 9.87. The SMILES string of the molecule is O=C(CCn1cncn1)N1CC[C@](O)(c2ccccc2)[C@H](N2CCOCC2)C1. The molecule has 0 spiro atoms. The Hall–Kier alpha value is -2.29. The minimum absolute atomic E-state index is 0.0869. The molecule has 1 amide bonds. The Morgan fingerprint density at radius 3 is 2.71 bits per heavy atom. The number of amides is 1. The van der Waals surface area contributed by atoms with E-state index in [1.165, 1.54) is 6.33 Å². The maximum Gasteiger partial charge on any atom is 0.224 e. The topological polar surface area (TPSA) is 83.7 Å². The molecule has 2 atom stereocenters. The van der Waals surface area contributed by atoms with Crippen molar-refractivity contribution in [1.82, 2.24) is 24.6 Å². The minimum Gasteiger partial charge on any atom is -0.383 e. The minimum atomic E-state index is -0.971. The number of aromatic nitrogens is 3. The molecule has 28 heavy (non-hydrogen) atoms. The predicted molar refractivity (Wildman–Crippen MR) is 102 cm³/mol. The van der Waals surface area contributed by atoms with Gasteiger partial charge in [-0.25, -0.2) is 4.98 Å². The largest absolute Gasteiger partial charge is 0.383 e. The Morgan fingerprint density at radius 1 is 1.21 bits per heavy atom. The lowest BCUT2D eigenvalue weighted by atomic mass is 9.79. The number of carbonyl (C=O) groups is 1. The van der Waals surface area contributed by atoms with Crippen LogP contribution in [0.3, 0.4) is 0 Å². The van der Waals surface area contributed by atoms with E-state index in [0.29, 0.717) is 45.7 Å². The molecule has 3 heterocycles. The van der Waals surface area contributed by atoms with Gasteiger partial charge in [0.05, 0.1) is 25.8 Å². The van der Waals surface area contributed by atoms with E-state index in [0.717, 1.165) is 18.7 Å². The Balaban J connectivity index is 1.50. The van der Waals surface area contributed by atoms with Crippen LogP contribution in [0.25, 0.3) is 0 Å². The van der Waals surface area contributed by atoms with Crippen molar-refractivity contribution in [1.29, 1.82) is 0 Å². The van der Waals surface area contributed by atoms with Crippen molar-refractivity contribution in [2.24, 2.45) is 0 Å². The average Bonchev–Trinajstić information content (AvgIpc) is 3.27. The maximum absolute atomic E-state index is 12.8. The van der Waals surface area contributed by atoms with Crippen molar-refractivity contribution in [3.63, 3.8) is 0 Å². The summed E-state index contributed by atoms with van der Waals surface area (Å²) in [5.74, 6) is 0.0869. The smallest absolute Gasteiger partial charge is 0.224 e. The zero-order valence-corrected chi connectivity index (χ0v) is 16.0. The number of ether oxygens (including phenoxy) is 1. The molecule has 2 fully saturated rings. The molecule has 1 aromatic carbocycles. The molecular formula is C20H27N5O3. The summed E-state index contributed by atoms with van der Waals surface area (Å²) in [6.07, 6.45) is 3.99. The van der Waals surface area contributed by atoms with Crippen LogP contribution in [0.2, 0.25) is 0 Å². The molecule has 2 aliphatic heterocycles. The monoisotopic (exact) mass is 385 g/mol. The quantitative estimate of drug-likeness (QED) is 0.807. The van der Waals surface area contributed by atoms with Crippen molar-refractivity contribution in [2.45, 2.75) is 31.0 Å². The van der Waals surface area contributed by atoms with Crippen molar-refractivity contribution in [3.8, 4) is 0 Å². The number of morpholine rings is 1. The van der Waals surface area contributed by atoms with Gasteiger partial charge in [-0.2, -0.15) is 5.10 Å². The molecule has 2 saturated heterocycles. The second kappa shape index (κ2) is 8.38. The predicted octanol–water partition coefficient (Wildman–Crippen LogP) is 0.489. The van der Waals surface area contributed by atoms with Gasteiger partial charge in [-0.3, -0.25) is 14.4 Å². The van der Waals surface area contributed by atoms with E-state index in [1.54, 1.807) is 11.0 Å². The Morgan fingerprint density at radius 2 is 2.00 bits per heavy atom. The Bertz CT molecular complexity index is 763. The fourth-order valence-corrected chi connectivity index (χ4v) is 4.24. The van der Waals surface area contributed by atoms with Crippen molar-refractivity contribution in [3.05, 3.63) is 48.5 Å². The van der Waals surface area contributed by atoms with E-state index in [-0.39, 0.29) is 11.9 Å². The van der Waals surface area contributed by atoms with Gasteiger partial charge in [0.2, 0.25) is 5.91 Å². The second-order valence-electron chi connectivity index (χ2n) is 7.45. The van der Waals surface area contributed by atoms with Gasteiger partial charge in [-0.1, -0.05) is 30.3 Å². The van der Waals surface area contributed by atoms with Crippen LogP contribution in [0.5, 0.6) is 0 Å². The van der Waals surface area contributed by atoms with Crippen LogP contribution in [0.4, 0.5) is 0 Å². The number of piperidine rings is 1. The van der Waals surface area contributed by atoms with E-state index in [1.807, 2.05) is 35.2 Å². The van der Waals surface area contributed by atoms with Crippen molar-refractivity contribution < 1.29 is 14.6 Å². The van der Waals surface area contributed by atoms with Crippen LogP contribution in [-0.4, -0.2) is 81.0 Å². The first-order chi connectivity index (χ1) is 13.7. The third kappa shape index (κ3) is 3.94. The normalized spacial score (nSPS) is 26.3. The number of hydrogen-bond donors (Lipinski definition) is 1. The van der Waals surface area contributed by atoms with Crippen LogP contribution >= 0.6 is 0 Å². The number of carbonyl (C=O) groups excluding carboxylic acids is 1. The summed E-state index contributed by atoms with van der Waals surface area (Å²) in [4.78, 5) is 20.9. The third-order valence-corrected chi connectivity index (χ3v) is 5.84. The summed E-state index contributed by atoms with van der Waals surface area (Å²) in [7, 11) is 0. The number of nitrogens with zero attached hydrogens (tertiary/aromatic N) is 5. The number of aryl methyl sites for hydroxylation is 1. The third-order valence-electron chi connectivity index (χ3n) is 5.84. The highest BCUT2D eigenvalue weighted by molar-refractivity contribution is 5.76. The summed E-state index contributed by atoms with van der Waals surface area (Å²) in [5.41, 5.74) is -0.0532. The van der Waals surface area contributed by atoms with Crippen LogP contribution in [0.15, 0.2) is 43.0 Å².